The van der Waals surface area contributed by atoms with Crippen LogP contribution in [0.15, 0.2) is 54.9 Å². The minimum Gasteiger partial charge on any atom is -0.392 e. The standard InChI is InChI=1S/C27H31N5O3/c1-28-27(35)25(19-7-6-18-14-24(34)30-23(18)13-19)22(16-32-10-8-21(33)15-32)17-4-3-5-20(12-17)26-29-9-11-31(26)2/h3-7,9,11-13,21-22,25,33H,8,10,14-16H2,1-2H3,(H,28,35)(H,30,34)/t21-,22+,25?/m0/s1. The summed E-state index contributed by atoms with van der Waals surface area (Å²) in [4.78, 5) is 32.1. The number of benzene rings is 2. The van der Waals surface area contributed by atoms with E-state index in [9.17, 15) is 14.7 Å². The van der Waals surface area contributed by atoms with Gasteiger partial charge in [-0.3, -0.25) is 9.59 Å². The summed E-state index contributed by atoms with van der Waals surface area (Å²) in [6, 6.07) is 14.1. The highest BCUT2D eigenvalue weighted by atomic mass is 16.3. The lowest BCUT2D eigenvalue weighted by Crippen LogP contribution is -2.36. The number of aliphatic hydroxyl groups excluding tert-OH is 1. The molecule has 3 heterocycles. The number of nitrogens with one attached hydrogen (secondary N) is 2. The molecule has 8 nitrogen and oxygen atoms in total. The number of aromatic nitrogens is 2. The molecule has 0 spiro atoms. The second-order valence-electron chi connectivity index (χ2n) is 9.53. The first kappa shape index (κ1) is 23.3. The van der Waals surface area contributed by atoms with Crippen LogP contribution in [0.3, 0.4) is 0 Å². The van der Waals surface area contributed by atoms with Gasteiger partial charge < -0.3 is 25.2 Å². The number of imidazole rings is 1. The second kappa shape index (κ2) is 9.64. The Labute approximate surface area is 205 Å². The van der Waals surface area contributed by atoms with Crippen LogP contribution in [0.25, 0.3) is 11.4 Å². The molecule has 2 aromatic carbocycles. The summed E-state index contributed by atoms with van der Waals surface area (Å²) in [6.07, 6.45) is 4.44. The Morgan fingerprint density at radius 3 is 2.83 bits per heavy atom. The monoisotopic (exact) mass is 473 g/mol. The molecular formula is C27H31N5O3. The van der Waals surface area contributed by atoms with Crippen molar-refractivity contribution in [3.05, 3.63) is 71.5 Å². The molecule has 3 N–H and O–H groups in total. The predicted octanol–water partition coefficient (Wildman–Crippen LogP) is 2.26. The van der Waals surface area contributed by atoms with E-state index < -0.39 is 5.92 Å². The number of likely N-dealkylation sites (tertiary alicyclic amines) is 1. The van der Waals surface area contributed by atoms with Gasteiger partial charge in [0.05, 0.1) is 18.4 Å². The Morgan fingerprint density at radius 1 is 1.26 bits per heavy atom. The van der Waals surface area contributed by atoms with Gasteiger partial charge in [0.15, 0.2) is 0 Å². The average molecular weight is 474 g/mol. The molecule has 3 atom stereocenters. The SMILES string of the molecule is CNC(=O)C(c1ccc2c(c1)NC(=O)C2)[C@H](CN1CC[C@H](O)C1)c1cccc(-c2nccn2C)c1. The fraction of sp³-hybridized carbons (Fsp3) is 0.370. The molecular weight excluding hydrogens is 442 g/mol. The van der Waals surface area contributed by atoms with Crippen LogP contribution in [0, 0.1) is 0 Å². The number of fused-ring (bicyclic) bond motifs is 1. The molecule has 2 aliphatic rings. The minimum absolute atomic E-state index is 0.0287. The van der Waals surface area contributed by atoms with Crippen LogP contribution < -0.4 is 10.6 Å². The topological polar surface area (TPSA) is 99.5 Å². The van der Waals surface area contributed by atoms with Crippen molar-refractivity contribution < 1.29 is 14.7 Å². The Kier molecular flexibility index (Phi) is 6.40. The maximum absolute atomic E-state index is 13.4. The van der Waals surface area contributed by atoms with Crippen LogP contribution in [0.2, 0.25) is 0 Å². The molecule has 182 valence electrons. The number of carbonyl (C=O) groups is 2. The van der Waals surface area contributed by atoms with E-state index in [4.69, 9.17) is 0 Å². The summed E-state index contributed by atoms with van der Waals surface area (Å²) in [5.41, 5.74) is 4.60. The van der Waals surface area contributed by atoms with Crippen LogP contribution in [0.5, 0.6) is 0 Å². The normalized spacial score (nSPS) is 19.3. The van der Waals surface area contributed by atoms with E-state index in [1.165, 1.54) is 0 Å². The number of nitrogens with zero attached hydrogens (tertiary/aromatic N) is 3. The molecule has 8 heteroatoms. The molecule has 5 rings (SSSR count). The third-order valence-corrected chi connectivity index (χ3v) is 7.15. The van der Waals surface area contributed by atoms with Gasteiger partial charge in [0.1, 0.15) is 5.82 Å². The first-order valence-corrected chi connectivity index (χ1v) is 12.0. The first-order chi connectivity index (χ1) is 16.9. The van der Waals surface area contributed by atoms with Crippen molar-refractivity contribution in [1.29, 1.82) is 0 Å². The summed E-state index contributed by atoms with van der Waals surface area (Å²) in [7, 11) is 3.62. The fourth-order valence-corrected chi connectivity index (χ4v) is 5.36. The zero-order valence-electron chi connectivity index (χ0n) is 20.1. The molecule has 3 aromatic rings. The van der Waals surface area contributed by atoms with Crippen molar-refractivity contribution in [3.8, 4) is 11.4 Å². The average Bonchev–Trinajstić information content (AvgIpc) is 3.57. The molecule has 0 aliphatic carbocycles. The predicted molar refractivity (Wildman–Crippen MR) is 134 cm³/mol. The molecule has 1 fully saturated rings. The maximum atomic E-state index is 13.4. The first-order valence-electron chi connectivity index (χ1n) is 12.0. The van der Waals surface area contributed by atoms with E-state index in [1.54, 1.807) is 13.2 Å². The number of anilines is 1. The van der Waals surface area contributed by atoms with Crippen molar-refractivity contribution in [2.75, 3.05) is 32.0 Å². The number of hydrogen-bond donors (Lipinski definition) is 3. The molecule has 2 amide bonds. The zero-order chi connectivity index (χ0) is 24.5. The Balaban J connectivity index is 1.58. The van der Waals surface area contributed by atoms with E-state index in [-0.39, 0.29) is 23.8 Å². The Morgan fingerprint density at radius 2 is 2.11 bits per heavy atom. The van der Waals surface area contributed by atoms with Crippen molar-refractivity contribution in [1.82, 2.24) is 19.8 Å². The molecule has 2 aliphatic heterocycles. The van der Waals surface area contributed by atoms with Crippen LogP contribution in [-0.4, -0.2) is 64.2 Å². The molecule has 35 heavy (non-hydrogen) atoms. The lowest BCUT2D eigenvalue weighted by atomic mass is 9.79. The summed E-state index contributed by atoms with van der Waals surface area (Å²) in [5.74, 6) is 0.104. The van der Waals surface area contributed by atoms with Gasteiger partial charge in [0.25, 0.3) is 0 Å². The van der Waals surface area contributed by atoms with Gasteiger partial charge in [-0.2, -0.15) is 0 Å². The Bertz CT molecular complexity index is 1250. The van der Waals surface area contributed by atoms with Gasteiger partial charge in [-0.25, -0.2) is 4.98 Å². The summed E-state index contributed by atoms with van der Waals surface area (Å²) >= 11 is 0. The van der Waals surface area contributed by atoms with Gasteiger partial charge in [-0.15, -0.1) is 0 Å². The number of aryl methyl sites for hydroxylation is 1. The number of β-amino-alcohol motifs (C(OH)–C–C–N with tert-alkyl or cyclic N) is 1. The molecule has 0 radical (unpaired) electrons. The largest absolute Gasteiger partial charge is 0.392 e. The fourth-order valence-electron chi connectivity index (χ4n) is 5.36. The number of carbonyl (C=O) groups excluding carboxylic acids is 2. The highest BCUT2D eigenvalue weighted by molar-refractivity contribution is 5.99. The number of likely N-dealkylation sites (N-methyl/N-ethyl adjacent to an activating group) is 1. The van der Waals surface area contributed by atoms with Crippen LogP contribution >= 0.6 is 0 Å². The van der Waals surface area contributed by atoms with Gasteiger partial charge in [-0.1, -0.05) is 30.3 Å². The third-order valence-electron chi connectivity index (χ3n) is 7.15. The van der Waals surface area contributed by atoms with E-state index >= 15 is 0 Å². The summed E-state index contributed by atoms with van der Waals surface area (Å²) in [6.45, 7) is 2.01. The lowest BCUT2D eigenvalue weighted by Gasteiger charge is -2.31. The van der Waals surface area contributed by atoms with Gasteiger partial charge in [-0.05, 0) is 35.2 Å². The summed E-state index contributed by atoms with van der Waals surface area (Å²) in [5, 5.41) is 15.9. The quantitative estimate of drug-likeness (QED) is 0.489. The van der Waals surface area contributed by atoms with E-state index in [0.29, 0.717) is 19.5 Å². The van der Waals surface area contributed by atoms with Crippen LogP contribution in [0.4, 0.5) is 5.69 Å². The minimum atomic E-state index is -0.475. The lowest BCUT2D eigenvalue weighted by molar-refractivity contribution is -0.122. The van der Waals surface area contributed by atoms with Crippen LogP contribution in [0.1, 0.15) is 34.9 Å². The highest BCUT2D eigenvalue weighted by Crippen LogP contribution is 2.38. The Hall–Kier alpha value is -3.49. The van der Waals surface area contributed by atoms with Gasteiger partial charge >= 0.3 is 0 Å². The molecule has 1 saturated heterocycles. The summed E-state index contributed by atoms with van der Waals surface area (Å²) < 4.78 is 1.98. The van der Waals surface area contributed by atoms with Crippen molar-refractivity contribution in [2.45, 2.75) is 30.8 Å². The van der Waals surface area contributed by atoms with Crippen molar-refractivity contribution in [3.63, 3.8) is 0 Å². The second-order valence-corrected chi connectivity index (χ2v) is 9.53. The molecule has 1 unspecified atom stereocenters. The third kappa shape index (κ3) is 4.72. The highest BCUT2D eigenvalue weighted by Gasteiger charge is 2.35. The number of rotatable bonds is 7. The zero-order valence-corrected chi connectivity index (χ0v) is 20.1. The van der Waals surface area contributed by atoms with E-state index in [2.05, 4.69) is 32.7 Å². The number of amides is 2. The van der Waals surface area contributed by atoms with Crippen molar-refractivity contribution in [2.24, 2.45) is 7.05 Å². The van der Waals surface area contributed by atoms with Gasteiger partial charge in [0, 0.05) is 63.3 Å². The van der Waals surface area contributed by atoms with Gasteiger partial charge in [0.2, 0.25) is 11.8 Å². The smallest absolute Gasteiger partial charge is 0.228 e. The van der Waals surface area contributed by atoms with Crippen molar-refractivity contribution >= 4 is 17.5 Å². The van der Waals surface area contributed by atoms with E-state index in [0.717, 1.165) is 46.7 Å². The molecule has 1 aromatic heterocycles. The van der Waals surface area contributed by atoms with Crippen LogP contribution in [-0.2, 0) is 23.1 Å². The molecule has 0 saturated carbocycles. The molecule has 0 bridgehead atoms. The number of hydrogen-bond acceptors (Lipinski definition) is 5. The number of aliphatic hydroxyl groups is 1. The maximum Gasteiger partial charge on any atom is 0.228 e. The van der Waals surface area contributed by atoms with E-state index in [1.807, 2.05) is 48.1 Å².